The smallest absolute Gasteiger partial charge is 0.256 e. The number of aromatic nitrogens is 1. The minimum atomic E-state index is -0.610. The van der Waals surface area contributed by atoms with Gasteiger partial charge >= 0.3 is 0 Å². The van der Waals surface area contributed by atoms with Crippen molar-refractivity contribution in [1.29, 1.82) is 0 Å². The molecule has 1 aromatic carbocycles. The van der Waals surface area contributed by atoms with Crippen molar-refractivity contribution >= 4 is 45.1 Å². The zero-order valence-electron chi connectivity index (χ0n) is 19.2. The number of aromatic amines is 1. The maximum atomic E-state index is 13.5. The second kappa shape index (κ2) is 9.65. The molecule has 0 saturated carbocycles. The Kier molecular flexibility index (Phi) is 6.61. The van der Waals surface area contributed by atoms with E-state index in [2.05, 4.69) is 31.1 Å². The highest BCUT2D eigenvalue weighted by atomic mass is 79.9. The number of halogens is 1. The number of hydrogen-bond acceptors (Lipinski definition) is 5. The van der Waals surface area contributed by atoms with Gasteiger partial charge in [0.15, 0.2) is 0 Å². The average Bonchev–Trinajstić information content (AvgIpc) is 3.23. The highest BCUT2D eigenvalue weighted by Gasteiger charge is 2.30. The molecule has 9 heteroatoms. The first-order valence-corrected chi connectivity index (χ1v) is 12.5. The lowest BCUT2D eigenvalue weighted by atomic mass is 10.0. The number of carbonyl (C=O) groups excluding carboxylic acids is 2. The van der Waals surface area contributed by atoms with Crippen LogP contribution in [0.2, 0.25) is 0 Å². The minimum Gasteiger partial charge on any atom is -0.390 e. The van der Waals surface area contributed by atoms with E-state index in [-0.39, 0.29) is 11.8 Å². The van der Waals surface area contributed by atoms with Gasteiger partial charge in [0, 0.05) is 59.8 Å². The zero-order valence-corrected chi connectivity index (χ0v) is 20.8. The Labute approximate surface area is 207 Å². The van der Waals surface area contributed by atoms with Crippen LogP contribution in [0.1, 0.15) is 39.3 Å². The standard InChI is InChI=1S/C25H29BrN4O4/c1-15-22(12-19-18-11-16(26)4-5-20(18)28-24(19)32)27-21-3-2-6-30(25(33)23(15)21)14-17(31)13-29-7-9-34-10-8-29/h4-5,11-12,17,27,31H,2-3,6-10,13-14H2,1H3,(H,28,32). The fourth-order valence-electron chi connectivity index (χ4n) is 5.02. The molecule has 4 heterocycles. The number of hydrogen-bond donors (Lipinski definition) is 3. The summed E-state index contributed by atoms with van der Waals surface area (Å²) in [4.78, 5) is 33.5. The molecule has 2 amide bonds. The summed E-state index contributed by atoms with van der Waals surface area (Å²) >= 11 is 3.48. The van der Waals surface area contributed by atoms with Crippen LogP contribution >= 0.6 is 15.9 Å². The number of H-pyrrole nitrogens is 1. The van der Waals surface area contributed by atoms with Crippen molar-refractivity contribution in [3.63, 3.8) is 0 Å². The maximum absolute atomic E-state index is 13.5. The predicted molar refractivity (Wildman–Crippen MR) is 134 cm³/mol. The van der Waals surface area contributed by atoms with Crippen LogP contribution in [0.5, 0.6) is 0 Å². The number of amides is 2. The van der Waals surface area contributed by atoms with Crippen LogP contribution in [0.25, 0.3) is 11.6 Å². The number of ether oxygens (including phenoxy) is 1. The Hall–Kier alpha value is -2.46. The SMILES string of the molecule is Cc1c(C=C2C(=O)Nc3ccc(Br)cc32)[nH]c2c1C(=O)N(CC(O)CN1CCOCC1)CCC2. The van der Waals surface area contributed by atoms with Crippen molar-refractivity contribution in [3.05, 3.63) is 50.8 Å². The number of fused-ring (bicyclic) bond motifs is 2. The molecule has 3 aliphatic rings. The van der Waals surface area contributed by atoms with Crippen molar-refractivity contribution in [2.45, 2.75) is 25.9 Å². The van der Waals surface area contributed by atoms with Crippen LogP contribution in [0.3, 0.4) is 0 Å². The monoisotopic (exact) mass is 528 g/mol. The fourth-order valence-corrected chi connectivity index (χ4v) is 5.38. The van der Waals surface area contributed by atoms with Crippen molar-refractivity contribution in [2.75, 3.05) is 51.3 Å². The Morgan fingerprint density at radius 2 is 2.00 bits per heavy atom. The summed E-state index contributed by atoms with van der Waals surface area (Å²) in [7, 11) is 0. The lowest BCUT2D eigenvalue weighted by Crippen LogP contribution is -2.46. The minimum absolute atomic E-state index is 0.0639. The molecule has 2 aromatic rings. The number of rotatable bonds is 5. The molecular formula is C25H29BrN4O4. The molecular weight excluding hydrogens is 500 g/mol. The maximum Gasteiger partial charge on any atom is 0.256 e. The molecule has 3 N–H and O–H groups in total. The molecule has 1 saturated heterocycles. The predicted octanol–water partition coefficient (Wildman–Crippen LogP) is 2.66. The number of benzene rings is 1. The van der Waals surface area contributed by atoms with E-state index in [4.69, 9.17) is 4.74 Å². The first-order chi connectivity index (χ1) is 16.4. The molecule has 1 unspecified atom stereocenters. The normalized spacial score (nSPS) is 20.8. The van der Waals surface area contributed by atoms with E-state index in [1.54, 1.807) is 4.90 Å². The molecule has 0 spiro atoms. The summed E-state index contributed by atoms with van der Waals surface area (Å²) in [6.45, 7) is 6.34. The van der Waals surface area contributed by atoms with Gasteiger partial charge in [-0.05, 0) is 49.6 Å². The summed E-state index contributed by atoms with van der Waals surface area (Å²) in [6.07, 6.45) is 2.79. The van der Waals surface area contributed by atoms with Gasteiger partial charge in [0.25, 0.3) is 11.8 Å². The van der Waals surface area contributed by atoms with Gasteiger partial charge in [-0.1, -0.05) is 15.9 Å². The van der Waals surface area contributed by atoms with E-state index in [9.17, 15) is 14.7 Å². The van der Waals surface area contributed by atoms with E-state index in [1.807, 2.05) is 31.2 Å². The average molecular weight is 529 g/mol. The number of anilines is 1. The third-order valence-corrected chi connectivity index (χ3v) is 7.27. The van der Waals surface area contributed by atoms with Gasteiger partial charge in [0.05, 0.1) is 30.5 Å². The molecule has 5 rings (SSSR count). The van der Waals surface area contributed by atoms with E-state index in [0.29, 0.717) is 44.0 Å². The van der Waals surface area contributed by atoms with Crippen molar-refractivity contribution in [2.24, 2.45) is 0 Å². The Morgan fingerprint density at radius 1 is 1.21 bits per heavy atom. The van der Waals surface area contributed by atoms with Gasteiger partial charge in [-0.25, -0.2) is 0 Å². The lowest BCUT2D eigenvalue weighted by molar-refractivity contribution is -0.110. The number of nitrogens with one attached hydrogen (secondary N) is 2. The number of carbonyl (C=O) groups is 2. The second-order valence-corrected chi connectivity index (χ2v) is 10.1. The van der Waals surface area contributed by atoms with E-state index in [0.717, 1.165) is 58.6 Å². The van der Waals surface area contributed by atoms with Gasteiger partial charge in [0.2, 0.25) is 0 Å². The fraction of sp³-hybridized carbons (Fsp3) is 0.440. The third-order valence-electron chi connectivity index (χ3n) is 6.78. The Balaban J connectivity index is 1.38. The van der Waals surface area contributed by atoms with Crippen LogP contribution in [0, 0.1) is 6.92 Å². The largest absolute Gasteiger partial charge is 0.390 e. The first kappa shape index (κ1) is 23.3. The topological polar surface area (TPSA) is 97.9 Å². The van der Waals surface area contributed by atoms with Crippen LogP contribution in [-0.2, 0) is 16.0 Å². The van der Waals surface area contributed by atoms with Crippen molar-refractivity contribution in [3.8, 4) is 0 Å². The lowest BCUT2D eigenvalue weighted by Gasteiger charge is -2.31. The molecule has 3 aliphatic heterocycles. The highest BCUT2D eigenvalue weighted by molar-refractivity contribution is 9.10. The second-order valence-electron chi connectivity index (χ2n) is 9.14. The third kappa shape index (κ3) is 4.57. The number of β-amino-alcohol motifs (C(OH)–C–C–N with tert-alkyl or cyclic N) is 1. The van der Waals surface area contributed by atoms with Crippen molar-refractivity contribution < 1.29 is 19.4 Å². The number of aliphatic hydroxyl groups is 1. The zero-order chi connectivity index (χ0) is 23.8. The van der Waals surface area contributed by atoms with Gasteiger partial charge in [-0.2, -0.15) is 0 Å². The van der Waals surface area contributed by atoms with Crippen LogP contribution < -0.4 is 5.32 Å². The summed E-state index contributed by atoms with van der Waals surface area (Å²) in [6, 6.07) is 5.69. The highest BCUT2D eigenvalue weighted by Crippen LogP contribution is 2.36. The van der Waals surface area contributed by atoms with Gasteiger partial charge in [-0.3, -0.25) is 14.5 Å². The summed E-state index contributed by atoms with van der Waals surface area (Å²) in [5.41, 5.74) is 5.35. The molecule has 0 aliphatic carbocycles. The Morgan fingerprint density at radius 3 is 2.79 bits per heavy atom. The quantitative estimate of drug-likeness (QED) is 0.518. The molecule has 34 heavy (non-hydrogen) atoms. The van der Waals surface area contributed by atoms with Gasteiger partial charge in [-0.15, -0.1) is 0 Å². The van der Waals surface area contributed by atoms with E-state index < -0.39 is 6.10 Å². The summed E-state index contributed by atoms with van der Waals surface area (Å²) in [5, 5.41) is 13.6. The van der Waals surface area contributed by atoms with E-state index in [1.165, 1.54) is 0 Å². The summed E-state index contributed by atoms with van der Waals surface area (Å²) < 4.78 is 6.27. The van der Waals surface area contributed by atoms with E-state index >= 15 is 0 Å². The Bertz CT molecular complexity index is 1150. The van der Waals surface area contributed by atoms with Crippen molar-refractivity contribution in [1.82, 2.24) is 14.8 Å². The number of aliphatic hydroxyl groups excluding tert-OH is 1. The number of aryl methyl sites for hydroxylation is 1. The number of nitrogens with zero attached hydrogens (tertiary/aromatic N) is 2. The van der Waals surface area contributed by atoms with Crippen LogP contribution in [-0.4, -0.2) is 83.7 Å². The molecule has 1 atom stereocenters. The molecule has 1 fully saturated rings. The molecule has 0 radical (unpaired) electrons. The van der Waals surface area contributed by atoms with Crippen LogP contribution in [0.15, 0.2) is 22.7 Å². The van der Waals surface area contributed by atoms with Gasteiger partial charge in [0.1, 0.15) is 0 Å². The molecule has 180 valence electrons. The number of morpholine rings is 1. The molecule has 0 bridgehead atoms. The molecule has 1 aromatic heterocycles. The van der Waals surface area contributed by atoms with Gasteiger partial charge < -0.3 is 25.0 Å². The summed E-state index contributed by atoms with van der Waals surface area (Å²) in [5.74, 6) is -0.220. The molecule has 8 nitrogen and oxygen atoms in total. The first-order valence-electron chi connectivity index (χ1n) is 11.7. The van der Waals surface area contributed by atoms with Crippen LogP contribution in [0.4, 0.5) is 5.69 Å².